The lowest BCUT2D eigenvalue weighted by molar-refractivity contribution is -0.991. The molecular formula is C19H22N6O3. The van der Waals surface area contributed by atoms with E-state index < -0.39 is 5.23 Å². The molecule has 9 heteroatoms. The number of hydrogen-bond donors (Lipinski definition) is 3. The molecule has 146 valence electrons. The molecule has 3 aromatic rings. The highest BCUT2D eigenvalue weighted by Gasteiger charge is 2.30. The van der Waals surface area contributed by atoms with Crippen molar-refractivity contribution in [3.63, 3.8) is 0 Å². The van der Waals surface area contributed by atoms with Gasteiger partial charge in [0.2, 0.25) is 11.7 Å². The summed E-state index contributed by atoms with van der Waals surface area (Å²) >= 11 is 0. The molecule has 0 amide bonds. The van der Waals surface area contributed by atoms with E-state index in [1.807, 2.05) is 31.3 Å². The summed E-state index contributed by atoms with van der Waals surface area (Å²) in [5.41, 5.74) is 2.16. The minimum absolute atomic E-state index is 0.0601. The average Bonchev–Trinajstić information content (AvgIpc) is 3.38. The molecule has 28 heavy (non-hydrogen) atoms. The molecule has 9 nitrogen and oxygen atoms in total. The molecule has 4 rings (SSSR count). The second-order valence-corrected chi connectivity index (χ2v) is 6.77. The molecule has 1 fully saturated rings. The summed E-state index contributed by atoms with van der Waals surface area (Å²) in [6.45, 7) is 1.64. The Hall–Kier alpha value is -2.85. The standard InChI is InChI=1S/C19H22N6O3/c1-20-17-9-6-14(11-21-17)18-22-19(28-23-18)16-3-2-10-24(16)12-13-4-7-15(8-5-13)25(26)27/h4-9,11,16,25-26H,2-3,10,12H2,1H3,(H,20,21)/t16-/m1/s1. The molecule has 1 saturated heterocycles. The Kier molecular flexibility index (Phi) is 5.31. The molecular weight excluding hydrogens is 360 g/mol. The summed E-state index contributed by atoms with van der Waals surface area (Å²) in [5.74, 6) is 1.92. The summed E-state index contributed by atoms with van der Waals surface area (Å²) in [7, 11) is 1.82. The summed E-state index contributed by atoms with van der Waals surface area (Å²) < 4.78 is 5.55. The maximum Gasteiger partial charge on any atom is 0.244 e. The van der Waals surface area contributed by atoms with Gasteiger partial charge in [-0.15, -0.1) is 0 Å². The van der Waals surface area contributed by atoms with Crippen LogP contribution in [0, 0.1) is 5.21 Å². The molecule has 2 aromatic heterocycles. The lowest BCUT2D eigenvalue weighted by Crippen LogP contribution is -2.99. The highest BCUT2D eigenvalue weighted by Crippen LogP contribution is 2.33. The third-order valence-corrected chi connectivity index (χ3v) is 4.95. The third-order valence-electron chi connectivity index (χ3n) is 4.95. The summed E-state index contributed by atoms with van der Waals surface area (Å²) in [4.78, 5) is 11.2. The summed E-state index contributed by atoms with van der Waals surface area (Å²) in [6.07, 6.45) is 3.72. The molecule has 0 spiro atoms. The van der Waals surface area contributed by atoms with Gasteiger partial charge in [0.15, 0.2) is 5.69 Å². The fourth-order valence-electron chi connectivity index (χ4n) is 3.44. The van der Waals surface area contributed by atoms with Crippen molar-refractivity contribution < 1.29 is 15.0 Å². The van der Waals surface area contributed by atoms with Crippen LogP contribution in [-0.2, 0) is 6.54 Å². The van der Waals surface area contributed by atoms with Crippen molar-refractivity contribution in [3.8, 4) is 11.4 Å². The van der Waals surface area contributed by atoms with Crippen LogP contribution < -0.4 is 10.5 Å². The zero-order valence-corrected chi connectivity index (χ0v) is 15.5. The van der Waals surface area contributed by atoms with E-state index in [0.29, 0.717) is 23.9 Å². The van der Waals surface area contributed by atoms with Gasteiger partial charge in [-0.1, -0.05) is 17.3 Å². The Morgan fingerprint density at radius 3 is 2.79 bits per heavy atom. The van der Waals surface area contributed by atoms with Crippen LogP contribution in [0.25, 0.3) is 11.4 Å². The Morgan fingerprint density at radius 2 is 2.11 bits per heavy atom. The second kappa shape index (κ2) is 8.03. The van der Waals surface area contributed by atoms with Crippen LogP contribution in [-0.4, -0.2) is 38.8 Å². The monoisotopic (exact) mass is 382 g/mol. The van der Waals surface area contributed by atoms with Gasteiger partial charge < -0.3 is 15.0 Å². The Balaban J connectivity index is 1.48. The normalized spacial score (nSPS) is 18.3. The molecule has 2 atom stereocenters. The van der Waals surface area contributed by atoms with E-state index in [2.05, 4.69) is 25.3 Å². The van der Waals surface area contributed by atoms with Gasteiger partial charge in [-0.2, -0.15) is 10.2 Å². The Bertz CT molecular complexity index is 910. The number of likely N-dealkylation sites (tertiary alicyclic amines) is 1. The largest absolute Gasteiger partial charge is 0.595 e. The maximum absolute atomic E-state index is 11.0. The molecule has 0 radical (unpaired) electrons. The van der Waals surface area contributed by atoms with E-state index >= 15 is 0 Å². The number of rotatable bonds is 6. The van der Waals surface area contributed by atoms with Crippen LogP contribution in [0.15, 0.2) is 47.1 Å². The number of aromatic nitrogens is 3. The molecule has 1 aliphatic rings. The molecule has 0 bridgehead atoms. The minimum atomic E-state index is -0.916. The molecule has 1 aromatic carbocycles. The van der Waals surface area contributed by atoms with Gasteiger partial charge in [0.1, 0.15) is 5.82 Å². The second-order valence-electron chi connectivity index (χ2n) is 6.77. The van der Waals surface area contributed by atoms with Gasteiger partial charge >= 0.3 is 0 Å². The van der Waals surface area contributed by atoms with Crippen molar-refractivity contribution in [2.75, 3.05) is 18.9 Å². The van der Waals surface area contributed by atoms with Crippen molar-refractivity contribution in [1.82, 2.24) is 20.0 Å². The van der Waals surface area contributed by atoms with Crippen molar-refractivity contribution in [2.45, 2.75) is 25.4 Å². The van der Waals surface area contributed by atoms with Crippen LogP contribution >= 0.6 is 0 Å². The number of hydrogen-bond acceptors (Lipinski definition) is 8. The zero-order valence-electron chi connectivity index (χ0n) is 15.5. The van der Waals surface area contributed by atoms with Crippen LogP contribution in [0.5, 0.6) is 0 Å². The van der Waals surface area contributed by atoms with Crippen molar-refractivity contribution in [2.24, 2.45) is 0 Å². The van der Waals surface area contributed by atoms with Gasteiger partial charge in [-0.3, -0.25) is 4.90 Å². The highest BCUT2D eigenvalue weighted by atomic mass is 16.8. The van der Waals surface area contributed by atoms with Crippen LogP contribution in [0.2, 0.25) is 0 Å². The van der Waals surface area contributed by atoms with E-state index in [1.54, 1.807) is 18.3 Å². The third kappa shape index (κ3) is 3.87. The first-order chi connectivity index (χ1) is 13.6. The smallest absolute Gasteiger partial charge is 0.244 e. The average molecular weight is 382 g/mol. The van der Waals surface area contributed by atoms with Gasteiger partial charge in [-0.05, 0) is 37.1 Å². The topological polar surface area (TPSA) is 115 Å². The van der Waals surface area contributed by atoms with Crippen molar-refractivity contribution in [3.05, 3.63) is 59.3 Å². The molecule has 0 saturated carbocycles. The summed E-state index contributed by atoms with van der Waals surface area (Å²) in [5, 5.41) is 26.2. The number of anilines is 1. The molecule has 3 heterocycles. The van der Waals surface area contributed by atoms with E-state index in [9.17, 15) is 5.21 Å². The van der Waals surface area contributed by atoms with Gasteiger partial charge in [0, 0.05) is 37.5 Å². The SMILES string of the molecule is CNc1ccc(-c2noc([C@H]3CCCN3Cc3ccc([NH+]([O-])O)cc3)n2)cn1. The van der Waals surface area contributed by atoms with E-state index in [4.69, 9.17) is 9.73 Å². The van der Waals surface area contributed by atoms with Crippen molar-refractivity contribution >= 4 is 11.5 Å². The van der Waals surface area contributed by atoms with Crippen LogP contribution in [0.1, 0.15) is 30.3 Å². The quantitative estimate of drug-likeness (QED) is 0.554. The molecule has 1 unspecified atom stereocenters. The van der Waals surface area contributed by atoms with E-state index in [0.717, 1.165) is 36.3 Å². The number of benzene rings is 1. The minimum Gasteiger partial charge on any atom is -0.595 e. The predicted octanol–water partition coefficient (Wildman–Crippen LogP) is 1.91. The van der Waals surface area contributed by atoms with E-state index in [-0.39, 0.29) is 6.04 Å². The van der Waals surface area contributed by atoms with Gasteiger partial charge in [0.25, 0.3) is 0 Å². The number of nitrogens with one attached hydrogen (secondary N) is 2. The molecule has 1 aliphatic heterocycles. The van der Waals surface area contributed by atoms with Gasteiger partial charge in [0.05, 0.1) is 6.04 Å². The highest BCUT2D eigenvalue weighted by molar-refractivity contribution is 5.55. The van der Waals surface area contributed by atoms with Crippen molar-refractivity contribution in [1.29, 1.82) is 0 Å². The lowest BCUT2D eigenvalue weighted by Gasteiger charge is -2.21. The van der Waals surface area contributed by atoms with Gasteiger partial charge in [-0.25, -0.2) is 10.2 Å². The van der Waals surface area contributed by atoms with Crippen LogP contribution in [0.4, 0.5) is 11.5 Å². The first-order valence-electron chi connectivity index (χ1n) is 9.18. The summed E-state index contributed by atoms with van der Waals surface area (Å²) in [6, 6.07) is 10.8. The number of pyridine rings is 1. The maximum atomic E-state index is 11.0. The molecule has 3 N–H and O–H groups in total. The lowest BCUT2D eigenvalue weighted by atomic mass is 10.1. The van der Waals surface area contributed by atoms with Crippen LogP contribution in [0.3, 0.4) is 0 Å². The fourth-order valence-corrected chi connectivity index (χ4v) is 3.44. The number of quaternary nitrogens is 1. The van der Waals surface area contributed by atoms with E-state index in [1.165, 1.54) is 0 Å². The number of nitrogens with zero attached hydrogens (tertiary/aromatic N) is 4. The zero-order chi connectivity index (χ0) is 19.5. The first kappa shape index (κ1) is 18.5. The fraction of sp³-hybridized carbons (Fsp3) is 0.316. The molecule has 0 aliphatic carbocycles. The predicted molar refractivity (Wildman–Crippen MR) is 102 cm³/mol. The first-order valence-corrected chi connectivity index (χ1v) is 9.18. The Labute approximate surface area is 162 Å². The Morgan fingerprint density at radius 1 is 1.29 bits per heavy atom.